The van der Waals surface area contributed by atoms with Crippen molar-refractivity contribution in [1.82, 2.24) is 18.4 Å². The first kappa shape index (κ1) is 21.8. The lowest BCUT2D eigenvalue weighted by molar-refractivity contribution is -0.130. The molecule has 13 heteroatoms. The highest BCUT2D eigenvalue weighted by Gasteiger charge is 2.26. The smallest absolute Gasteiger partial charge is 0.241 e. The van der Waals surface area contributed by atoms with E-state index in [4.69, 9.17) is 23.2 Å². The highest BCUT2D eigenvalue weighted by atomic mass is 35.5. The summed E-state index contributed by atoms with van der Waals surface area (Å²) in [5.74, 6) is 0.160. The van der Waals surface area contributed by atoms with E-state index in [1.165, 1.54) is 0 Å². The second-order valence-corrected chi connectivity index (χ2v) is 10.0. The first-order valence-electron chi connectivity index (χ1n) is 8.53. The van der Waals surface area contributed by atoms with E-state index >= 15 is 0 Å². The lowest BCUT2D eigenvalue weighted by atomic mass is 10.1. The molecule has 154 valence electrons. The van der Waals surface area contributed by atoms with Crippen molar-refractivity contribution in [2.45, 2.75) is 18.9 Å². The molecule has 1 aliphatic rings. The highest BCUT2D eigenvalue weighted by molar-refractivity contribution is 7.90. The lowest BCUT2D eigenvalue weighted by Gasteiger charge is -2.32. The van der Waals surface area contributed by atoms with Gasteiger partial charge >= 0.3 is 0 Å². The first-order valence-corrected chi connectivity index (χ1v) is 12.3. The van der Waals surface area contributed by atoms with Crippen molar-refractivity contribution in [3.63, 3.8) is 0 Å². The van der Waals surface area contributed by atoms with Crippen molar-refractivity contribution >= 4 is 80.2 Å². The van der Waals surface area contributed by atoms with Gasteiger partial charge in [0.05, 0.1) is 39.8 Å². The number of fused-ring (bicyclic) bond motifs is 1. The number of sulfonamides is 1. The molecular formula is C15H19Cl2N5O3S3. The number of carbonyl (C=O) groups excluding carboxylic acids is 1. The first-order chi connectivity index (χ1) is 13.3. The van der Waals surface area contributed by atoms with Crippen LogP contribution in [0, 0.1) is 0 Å². The number of nitrogens with zero attached hydrogens (tertiary/aromatic N) is 3. The summed E-state index contributed by atoms with van der Waals surface area (Å²) >= 11 is 17.3. The largest absolute Gasteiger partial charge is 0.373 e. The predicted molar refractivity (Wildman–Crippen MR) is 116 cm³/mol. The molecule has 1 aliphatic heterocycles. The van der Waals surface area contributed by atoms with Gasteiger partial charge < -0.3 is 10.2 Å². The fraction of sp³-hybridized carbons (Fsp3) is 0.533. The zero-order valence-electron chi connectivity index (χ0n) is 14.7. The van der Waals surface area contributed by atoms with Crippen LogP contribution in [0.2, 0.25) is 10.0 Å². The number of hydrogen-bond donors (Lipinski definition) is 3. The van der Waals surface area contributed by atoms with Crippen LogP contribution in [0.1, 0.15) is 12.8 Å². The second kappa shape index (κ2) is 9.31. The van der Waals surface area contributed by atoms with Crippen LogP contribution in [0.25, 0.3) is 11.0 Å². The van der Waals surface area contributed by atoms with Crippen molar-refractivity contribution in [2.75, 3.05) is 36.5 Å². The van der Waals surface area contributed by atoms with Gasteiger partial charge in [0.25, 0.3) is 0 Å². The molecule has 2 aromatic rings. The number of benzene rings is 1. The number of halogens is 2. The van der Waals surface area contributed by atoms with Gasteiger partial charge in [-0.15, -0.1) is 0 Å². The van der Waals surface area contributed by atoms with Gasteiger partial charge in [0.1, 0.15) is 11.0 Å². The summed E-state index contributed by atoms with van der Waals surface area (Å²) < 4.78 is 34.7. The Hall–Kier alpha value is -0.850. The standard InChI is InChI=1S/C15H19Cl2N5O3S3/c16-10-7-11(17)14-15(20-27-19-14)13(10)18-8-12(23)22-3-1-9(2-4-22)21-28(24,25)6-5-26/h7,9,18,21,26H,1-6,8H2. The monoisotopic (exact) mass is 483 g/mol. The number of thiol groups is 1. The van der Waals surface area contributed by atoms with Crippen molar-refractivity contribution in [3.05, 3.63) is 16.1 Å². The van der Waals surface area contributed by atoms with Gasteiger partial charge in [0.15, 0.2) is 0 Å². The van der Waals surface area contributed by atoms with E-state index in [2.05, 4.69) is 31.4 Å². The van der Waals surface area contributed by atoms with Crippen LogP contribution in [-0.4, -0.2) is 65.2 Å². The molecule has 0 spiro atoms. The van der Waals surface area contributed by atoms with Crippen LogP contribution < -0.4 is 10.0 Å². The summed E-state index contributed by atoms with van der Waals surface area (Å²) in [6, 6.07) is 1.41. The number of carbonyl (C=O) groups is 1. The van der Waals surface area contributed by atoms with Crippen molar-refractivity contribution < 1.29 is 13.2 Å². The maximum atomic E-state index is 12.5. The molecule has 0 aliphatic carbocycles. The summed E-state index contributed by atoms with van der Waals surface area (Å²) in [6.07, 6.45) is 1.14. The number of amides is 1. The number of hydrogen-bond acceptors (Lipinski definition) is 8. The third-order valence-corrected chi connectivity index (χ3v) is 7.49. The molecule has 8 nitrogen and oxygen atoms in total. The molecule has 0 radical (unpaired) electrons. The highest BCUT2D eigenvalue weighted by Crippen LogP contribution is 2.35. The fourth-order valence-electron chi connectivity index (χ4n) is 3.00. The van der Waals surface area contributed by atoms with Crippen LogP contribution in [0.4, 0.5) is 5.69 Å². The number of nitrogens with one attached hydrogen (secondary N) is 2. The minimum Gasteiger partial charge on any atom is -0.373 e. The molecular weight excluding hydrogens is 465 g/mol. The number of piperidine rings is 1. The molecule has 3 rings (SSSR count). The third-order valence-electron chi connectivity index (χ3n) is 4.41. The van der Waals surface area contributed by atoms with Crippen LogP contribution in [-0.2, 0) is 14.8 Å². The Morgan fingerprint density at radius 1 is 1.25 bits per heavy atom. The van der Waals surface area contributed by atoms with E-state index in [0.29, 0.717) is 52.7 Å². The van der Waals surface area contributed by atoms with Crippen LogP contribution in [0.15, 0.2) is 6.07 Å². The normalized spacial score (nSPS) is 15.9. The summed E-state index contributed by atoms with van der Waals surface area (Å²) in [5, 5.41) is 3.82. The molecule has 1 aromatic carbocycles. The number of anilines is 1. The van der Waals surface area contributed by atoms with Gasteiger partial charge in [-0.25, -0.2) is 13.1 Å². The molecule has 1 fully saturated rings. The number of aromatic nitrogens is 2. The predicted octanol–water partition coefficient (Wildman–Crippen LogP) is 2.25. The topological polar surface area (TPSA) is 104 Å². The Morgan fingerprint density at radius 3 is 2.61 bits per heavy atom. The van der Waals surface area contributed by atoms with Crippen LogP contribution in [0.5, 0.6) is 0 Å². The van der Waals surface area contributed by atoms with Crippen LogP contribution in [0.3, 0.4) is 0 Å². The van der Waals surface area contributed by atoms with E-state index in [0.717, 1.165) is 11.7 Å². The number of rotatable bonds is 7. The lowest BCUT2D eigenvalue weighted by Crippen LogP contribution is -2.48. The Morgan fingerprint density at radius 2 is 1.93 bits per heavy atom. The summed E-state index contributed by atoms with van der Waals surface area (Å²) in [7, 11) is -3.32. The SMILES string of the molecule is O=C(CNc1c(Cl)cc(Cl)c2nsnc12)N1CCC(NS(=O)(=O)CCS)CC1. The zero-order chi connectivity index (χ0) is 20.3. The second-order valence-electron chi connectivity index (χ2n) is 6.35. The summed E-state index contributed by atoms with van der Waals surface area (Å²) in [4.78, 5) is 14.2. The molecule has 1 aromatic heterocycles. The van der Waals surface area contributed by atoms with E-state index in [1.807, 2.05) is 0 Å². The van der Waals surface area contributed by atoms with Gasteiger partial charge in [-0.2, -0.15) is 21.4 Å². The van der Waals surface area contributed by atoms with Crippen molar-refractivity contribution in [2.24, 2.45) is 0 Å². The molecule has 1 amide bonds. The Balaban J connectivity index is 1.55. The van der Waals surface area contributed by atoms with Crippen molar-refractivity contribution in [1.29, 1.82) is 0 Å². The Labute approximate surface area is 182 Å². The molecule has 0 bridgehead atoms. The van der Waals surface area contributed by atoms with Gasteiger partial charge in [-0.1, -0.05) is 23.2 Å². The van der Waals surface area contributed by atoms with Gasteiger partial charge in [0, 0.05) is 24.9 Å². The van der Waals surface area contributed by atoms with E-state index in [1.54, 1.807) is 11.0 Å². The summed E-state index contributed by atoms with van der Waals surface area (Å²) in [5.41, 5.74) is 1.60. The zero-order valence-corrected chi connectivity index (χ0v) is 18.7. The van der Waals surface area contributed by atoms with Gasteiger partial charge in [0.2, 0.25) is 15.9 Å². The molecule has 2 heterocycles. The minimum absolute atomic E-state index is 0.0129. The van der Waals surface area contributed by atoms with Gasteiger partial charge in [-0.05, 0) is 18.9 Å². The molecule has 0 saturated carbocycles. The van der Waals surface area contributed by atoms with Crippen LogP contribution >= 0.6 is 47.6 Å². The molecule has 0 atom stereocenters. The van der Waals surface area contributed by atoms with E-state index < -0.39 is 10.0 Å². The van der Waals surface area contributed by atoms with E-state index in [-0.39, 0.29) is 30.0 Å². The average Bonchev–Trinajstić information content (AvgIpc) is 3.11. The van der Waals surface area contributed by atoms with Crippen molar-refractivity contribution in [3.8, 4) is 0 Å². The maximum Gasteiger partial charge on any atom is 0.241 e. The third kappa shape index (κ3) is 5.19. The molecule has 2 N–H and O–H groups in total. The minimum atomic E-state index is -3.32. The fourth-order valence-corrected chi connectivity index (χ4v) is 6.00. The molecule has 0 unspecified atom stereocenters. The quantitative estimate of drug-likeness (QED) is 0.521. The molecule has 28 heavy (non-hydrogen) atoms. The van der Waals surface area contributed by atoms with Gasteiger partial charge in [-0.3, -0.25) is 4.79 Å². The van der Waals surface area contributed by atoms with E-state index in [9.17, 15) is 13.2 Å². The number of likely N-dealkylation sites (tertiary alicyclic amines) is 1. The summed E-state index contributed by atoms with van der Waals surface area (Å²) in [6.45, 7) is 1.01. The molecule has 1 saturated heterocycles. The Bertz CT molecular complexity index is 961. The Kier molecular flexibility index (Phi) is 7.26. The average molecular weight is 484 g/mol. The maximum absolute atomic E-state index is 12.5.